The van der Waals surface area contributed by atoms with Gasteiger partial charge in [-0.15, -0.1) is 0 Å². The van der Waals surface area contributed by atoms with E-state index in [0.29, 0.717) is 5.76 Å². The highest BCUT2D eigenvalue weighted by Crippen LogP contribution is 2.06. The Hall–Kier alpha value is -1.62. The lowest BCUT2D eigenvalue weighted by atomic mass is 10.3. The Morgan fingerprint density at radius 3 is 3.00 bits per heavy atom. The van der Waals surface area contributed by atoms with E-state index in [1.54, 1.807) is 12.1 Å². The first-order valence-corrected chi connectivity index (χ1v) is 3.23. The summed E-state index contributed by atoms with van der Waals surface area (Å²) < 4.78 is 4.82. The molecule has 0 radical (unpaired) electrons. The summed E-state index contributed by atoms with van der Waals surface area (Å²) in [5.74, 6) is 0.357. The van der Waals surface area contributed by atoms with Gasteiger partial charge >= 0.3 is 0 Å². The second kappa shape index (κ2) is 3.68. The van der Waals surface area contributed by atoms with Crippen molar-refractivity contribution in [3.05, 3.63) is 40.0 Å². The van der Waals surface area contributed by atoms with Crippen LogP contribution >= 0.6 is 0 Å². The third-order valence-corrected chi connectivity index (χ3v) is 1.25. The number of aliphatic hydroxyl groups is 1. The van der Waals surface area contributed by atoms with Gasteiger partial charge < -0.3 is 9.52 Å². The molecule has 1 aromatic heterocycles. The fourth-order valence-corrected chi connectivity index (χ4v) is 0.694. The van der Waals surface area contributed by atoms with Gasteiger partial charge in [-0.05, 0) is 12.1 Å². The molecule has 5 nitrogen and oxygen atoms in total. The first-order valence-electron chi connectivity index (χ1n) is 3.23. The molecule has 0 aliphatic carbocycles. The lowest BCUT2D eigenvalue weighted by molar-refractivity contribution is -0.428. The molecule has 64 valence electrons. The molecule has 0 aliphatic heterocycles. The van der Waals surface area contributed by atoms with Crippen molar-refractivity contribution in [2.45, 2.75) is 0 Å². The molecule has 0 fully saturated rings. The summed E-state index contributed by atoms with van der Waals surface area (Å²) in [6.45, 7) is -0.603. The molecule has 0 aromatic carbocycles. The van der Waals surface area contributed by atoms with Gasteiger partial charge in [0.05, 0.1) is 17.3 Å². The molecule has 1 aromatic rings. The SMILES string of the molecule is O=[N+]([O-])/C(=C\c1ccco1)CO. The molecule has 1 heterocycles. The fourth-order valence-electron chi connectivity index (χ4n) is 0.694. The zero-order valence-electron chi connectivity index (χ0n) is 6.14. The Bertz CT molecular complexity index is 288. The van der Waals surface area contributed by atoms with Crippen molar-refractivity contribution < 1.29 is 14.4 Å². The molecule has 0 atom stereocenters. The Kier molecular flexibility index (Phi) is 2.60. The number of furan rings is 1. The number of nitro groups is 1. The van der Waals surface area contributed by atoms with Crippen LogP contribution in [-0.4, -0.2) is 16.6 Å². The summed E-state index contributed by atoms with van der Waals surface area (Å²) in [7, 11) is 0. The molecule has 0 spiro atoms. The van der Waals surface area contributed by atoms with Crippen molar-refractivity contribution in [2.75, 3.05) is 6.61 Å². The van der Waals surface area contributed by atoms with E-state index in [2.05, 4.69) is 0 Å². The maximum absolute atomic E-state index is 10.2. The topological polar surface area (TPSA) is 76.5 Å². The average Bonchev–Trinajstić information content (AvgIpc) is 2.51. The van der Waals surface area contributed by atoms with E-state index in [0.717, 1.165) is 0 Å². The van der Waals surface area contributed by atoms with Crippen LogP contribution in [0.25, 0.3) is 6.08 Å². The number of aliphatic hydroxyl groups excluding tert-OH is 1. The van der Waals surface area contributed by atoms with Gasteiger partial charge in [-0.1, -0.05) is 0 Å². The van der Waals surface area contributed by atoms with Gasteiger partial charge in [0, 0.05) is 0 Å². The van der Waals surface area contributed by atoms with Crippen molar-refractivity contribution in [3.8, 4) is 0 Å². The highest BCUT2D eigenvalue weighted by molar-refractivity contribution is 5.44. The number of nitrogens with zero attached hydrogens (tertiary/aromatic N) is 1. The van der Waals surface area contributed by atoms with Gasteiger partial charge in [-0.2, -0.15) is 0 Å². The second-order valence-electron chi connectivity index (χ2n) is 2.07. The Labute approximate surface area is 68.1 Å². The molecule has 0 aliphatic rings. The first-order chi connectivity index (χ1) is 5.74. The van der Waals surface area contributed by atoms with Crippen LogP contribution in [0.4, 0.5) is 0 Å². The molecule has 1 N–H and O–H groups in total. The van der Waals surface area contributed by atoms with E-state index in [4.69, 9.17) is 9.52 Å². The predicted octanol–water partition coefficient (Wildman–Crippen LogP) is 0.889. The van der Waals surface area contributed by atoms with Gasteiger partial charge in [0.25, 0.3) is 5.70 Å². The van der Waals surface area contributed by atoms with Gasteiger partial charge in [-0.25, -0.2) is 0 Å². The van der Waals surface area contributed by atoms with Crippen LogP contribution in [0.2, 0.25) is 0 Å². The maximum atomic E-state index is 10.2. The molecule has 1 rings (SSSR count). The molecule has 12 heavy (non-hydrogen) atoms. The summed E-state index contributed by atoms with van der Waals surface area (Å²) in [5.41, 5.74) is -0.287. The van der Waals surface area contributed by atoms with Gasteiger partial charge in [-0.3, -0.25) is 10.1 Å². The van der Waals surface area contributed by atoms with E-state index in [-0.39, 0.29) is 5.70 Å². The number of hydrogen-bond donors (Lipinski definition) is 1. The van der Waals surface area contributed by atoms with Crippen LogP contribution < -0.4 is 0 Å². The van der Waals surface area contributed by atoms with Crippen molar-refractivity contribution in [3.63, 3.8) is 0 Å². The smallest absolute Gasteiger partial charge is 0.275 e. The lowest BCUT2D eigenvalue weighted by Crippen LogP contribution is -2.02. The van der Waals surface area contributed by atoms with Crippen LogP contribution in [0, 0.1) is 10.1 Å². The molecule has 0 unspecified atom stereocenters. The highest BCUT2D eigenvalue weighted by atomic mass is 16.6. The maximum Gasteiger partial charge on any atom is 0.275 e. The van der Waals surface area contributed by atoms with Crippen LogP contribution in [0.3, 0.4) is 0 Å². The molecular weight excluding hydrogens is 162 g/mol. The third-order valence-electron chi connectivity index (χ3n) is 1.25. The molecule has 0 amide bonds. The highest BCUT2D eigenvalue weighted by Gasteiger charge is 2.08. The fraction of sp³-hybridized carbons (Fsp3) is 0.143. The van der Waals surface area contributed by atoms with E-state index in [9.17, 15) is 10.1 Å². The first kappa shape index (κ1) is 8.48. The Morgan fingerprint density at radius 1 is 1.83 bits per heavy atom. The summed E-state index contributed by atoms with van der Waals surface area (Å²) in [5, 5.41) is 18.7. The normalized spacial score (nSPS) is 11.6. The summed E-state index contributed by atoms with van der Waals surface area (Å²) in [6.07, 6.45) is 2.58. The zero-order valence-corrected chi connectivity index (χ0v) is 6.14. The quantitative estimate of drug-likeness (QED) is 0.538. The standard InChI is InChI=1S/C7H7NO4/c9-5-6(8(10)11)4-7-2-1-3-12-7/h1-4,9H,5H2/b6-4-. The third kappa shape index (κ3) is 1.93. The minimum Gasteiger partial charge on any atom is -0.465 e. The summed E-state index contributed by atoms with van der Waals surface area (Å²) in [4.78, 5) is 9.54. The van der Waals surface area contributed by atoms with Crippen molar-refractivity contribution in [2.24, 2.45) is 0 Å². The number of hydrogen-bond acceptors (Lipinski definition) is 4. The van der Waals surface area contributed by atoms with Crippen LogP contribution in [-0.2, 0) is 0 Å². The molecule has 0 saturated heterocycles. The van der Waals surface area contributed by atoms with Crippen LogP contribution in [0.1, 0.15) is 5.76 Å². The van der Waals surface area contributed by atoms with Crippen molar-refractivity contribution in [1.82, 2.24) is 0 Å². The Balaban J connectivity index is 2.85. The zero-order chi connectivity index (χ0) is 8.97. The van der Waals surface area contributed by atoms with E-state index < -0.39 is 11.5 Å². The predicted molar refractivity (Wildman–Crippen MR) is 40.8 cm³/mol. The molecule has 0 saturated carbocycles. The monoisotopic (exact) mass is 169 g/mol. The molecule has 0 bridgehead atoms. The Morgan fingerprint density at radius 2 is 2.58 bits per heavy atom. The van der Waals surface area contributed by atoms with Crippen molar-refractivity contribution >= 4 is 6.08 Å². The minimum atomic E-state index is -0.650. The van der Waals surface area contributed by atoms with Crippen LogP contribution in [0.5, 0.6) is 0 Å². The summed E-state index contributed by atoms with van der Waals surface area (Å²) in [6, 6.07) is 3.18. The van der Waals surface area contributed by atoms with E-state index in [1.807, 2.05) is 0 Å². The van der Waals surface area contributed by atoms with Gasteiger partial charge in [0.1, 0.15) is 12.4 Å². The molecule has 5 heteroatoms. The summed E-state index contributed by atoms with van der Waals surface area (Å²) >= 11 is 0. The average molecular weight is 169 g/mol. The largest absolute Gasteiger partial charge is 0.465 e. The minimum absolute atomic E-state index is 0.287. The van der Waals surface area contributed by atoms with E-state index >= 15 is 0 Å². The van der Waals surface area contributed by atoms with E-state index in [1.165, 1.54) is 12.3 Å². The van der Waals surface area contributed by atoms with Crippen molar-refractivity contribution in [1.29, 1.82) is 0 Å². The number of rotatable bonds is 3. The van der Waals surface area contributed by atoms with Gasteiger partial charge in [0.2, 0.25) is 0 Å². The lowest BCUT2D eigenvalue weighted by Gasteiger charge is -1.90. The van der Waals surface area contributed by atoms with Gasteiger partial charge in [0.15, 0.2) is 0 Å². The second-order valence-corrected chi connectivity index (χ2v) is 2.07. The molecular formula is C7H7NO4. The van der Waals surface area contributed by atoms with Crippen LogP contribution in [0.15, 0.2) is 28.5 Å².